The van der Waals surface area contributed by atoms with Crippen LogP contribution in [0.15, 0.2) is 17.5 Å². The third-order valence-corrected chi connectivity index (χ3v) is 4.73. The summed E-state index contributed by atoms with van der Waals surface area (Å²) in [5.74, 6) is 0.849. The molecule has 0 atom stereocenters. The van der Waals surface area contributed by atoms with E-state index in [-0.39, 0.29) is 0 Å². The van der Waals surface area contributed by atoms with Crippen molar-refractivity contribution in [3.8, 4) is 0 Å². The van der Waals surface area contributed by atoms with Gasteiger partial charge in [0.2, 0.25) is 0 Å². The molecule has 1 aliphatic heterocycles. The Labute approximate surface area is 90.5 Å². The molecule has 1 fully saturated rings. The highest BCUT2D eigenvalue weighted by molar-refractivity contribution is 7.10. The van der Waals surface area contributed by atoms with Crippen molar-refractivity contribution in [1.29, 1.82) is 0 Å². The van der Waals surface area contributed by atoms with Crippen LogP contribution in [0.4, 0.5) is 0 Å². The Morgan fingerprint density at radius 3 is 2.64 bits per heavy atom. The largest absolute Gasteiger partial charge is 0.317 e. The number of thiophene rings is 1. The predicted octanol–water partition coefficient (Wildman–Crippen LogP) is 3.03. The SMILES string of the molecule is CC(C)(c1cccs1)C1CCNCC1. The van der Waals surface area contributed by atoms with Gasteiger partial charge >= 0.3 is 0 Å². The van der Waals surface area contributed by atoms with E-state index in [9.17, 15) is 0 Å². The van der Waals surface area contributed by atoms with Crippen LogP contribution in [0, 0.1) is 5.92 Å². The molecular formula is C12H19NS. The Kier molecular flexibility index (Phi) is 2.93. The van der Waals surface area contributed by atoms with Crippen molar-refractivity contribution in [2.45, 2.75) is 32.1 Å². The summed E-state index contributed by atoms with van der Waals surface area (Å²) >= 11 is 1.90. The molecule has 1 aromatic rings. The molecule has 1 aliphatic rings. The Bertz CT molecular complexity index is 271. The van der Waals surface area contributed by atoms with Crippen molar-refractivity contribution in [2.24, 2.45) is 5.92 Å². The lowest BCUT2D eigenvalue weighted by atomic mass is 9.73. The molecule has 0 aliphatic carbocycles. The van der Waals surface area contributed by atoms with Crippen molar-refractivity contribution in [3.05, 3.63) is 22.4 Å². The summed E-state index contributed by atoms with van der Waals surface area (Å²) in [5.41, 5.74) is 0.371. The molecule has 0 spiro atoms. The third-order valence-electron chi connectivity index (χ3n) is 3.52. The van der Waals surface area contributed by atoms with Gasteiger partial charge in [-0.15, -0.1) is 11.3 Å². The molecule has 0 unspecified atom stereocenters. The highest BCUT2D eigenvalue weighted by Gasteiger charge is 2.32. The van der Waals surface area contributed by atoms with Crippen molar-refractivity contribution in [1.82, 2.24) is 5.32 Å². The van der Waals surface area contributed by atoms with Gasteiger partial charge in [-0.2, -0.15) is 0 Å². The highest BCUT2D eigenvalue weighted by Crippen LogP contribution is 2.38. The summed E-state index contributed by atoms with van der Waals surface area (Å²) in [7, 11) is 0. The maximum absolute atomic E-state index is 3.44. The second kappa shape index (κ2) is 4.03. The van der Waals surface area contributed by atoms with Gasteiger partial charge in [0.15, 0.2) is 0 Å². The molecule has 1 nitrogen and oxygen atoms in total. The third kappa shape index (κ3) is 1.86. The zero-order chi connectivity index (χ0) is 10.0. The minimum absolute atomic E-state index is 0.371. The van der Waals surface area contributed by atoms with Crippen molar-refractivity contribution in [3.63, 3.8) is 0 Å². The van der Waals surface area contributed by atoms with E-state index in [2.05, 4.69) is 36.7 Å². The first-order chi connectivity index (χ1) is 6.71. The van der Waals surface area contributed by atoms with E-state index in [1.54, 1.807) is 4.88 Å². The van der Waals surface area contributed by atoms with Crippen LogP contribution in [-0.2, 0) is 5.41 Å². The fourth-order valence-corrected chi connectivity index (χ4v) is 3.32. The van der Waals surface area contributed by atoms with Crippen molar-refractivity contribution in [2.75, 3.05) is 13.1 Å². The standard InChI is InChI=1S/C12H19NS/c1-12(2,11-4-3-9-14-11)10-5-7-13-8-6-10/h3-4,9-10,13H,5-8H2,1-2H3. The van der Waals surface area contributed by atoms with E-state index in [4.69, 9.17) is 0 Å². The molecule has 0 aromatic carbocycles. The highest BCUT2D eigenvalue weighted by atomic mass is 32.1. The lowest BCUT2D eigenvalue weighted by Gasteiger charge is -2.36. The quantitative estimate of drug-likeness (QED) is 0.789. The van der Waals surface area contributed by atoms with E-state index in [1.807, 2.05) is 11.3 Å². The van der Waals surface area contributed by atoms with Crippen molar-refractivity contribution >= 4 is 11.3 Å². The monoisotopic (exact) mass is 209 g/mol. The fraction of sp³-hybridized carbons (Fsp3) is 0.667. The summed E-state index contributed by atoms with van der Waals surface area (Å²) < 4.78 is 0. The van der Waals surface area contributed by atoms with E-state index in [0.29, 0.717) is 5.41 Å². The molecular weight excluding hydrogens is 190 g/mol. The van der Waals surface area contributed by atoms with Crippen LogP contribution in [0.2, 0.25) is 0 Å². The topological polar surface area (TPSA) is 12.0 Å². The molecule has 0 saturated carbocycles. The Morgan fingerprint density at radius 1 is 1.36 bits per heavy atom. The second-order valence-electron chi connectivity index (χ2n) is 4.72. The fourth-order valence-electron chi connectivity index (χ4n) is 2.39. The first kappa shape index (κ1) is 10.2. The van der Waals surface area contributed by atoms with Gasteiger partial charge in [-0.1, -0.05) is 19.9 Å². The minimum atomic E-state index is 0.371. The van der Waals surface area contributed by atoms with Crippen LogP contribution in [0.1, 0.15) is 31.6 Å². The van der Waals surface area contributed by atoms with Crippen LogP contribution in [-0.4, -0.2) is 13.1 Å². The van der Waals surface area contributed by atoms with E-state index >= 15 is 0 Å². The first-order valence-electron chi connectivity index (χ1n) is 5.46. The average Bonchev–Trinajstić information content (AvgIpc) is 2.72. The summed E-state index contributed by atoms with van der Waals surface area (Å²) in [5, 5.41) is 5.63. The van der Waals surface area contributed by atoms with Gasteiger partial charge in [-0.3, -0.25) is 0 Å². The Balaban J connectivity index is 2.14. The number of rotatable bonds is 2. The Morgan fingerprint density at radius 2 is 2.07 bits per heavy atom. The maximum atomic E-state index is 3.44. The zero-order valence-corrected chi connectivity index (χ0v) is 9.86. The summed E-state index contributed by atoms with van der Waals surface area (Å²) in [6, 6.07) is 4.45. The summed E-state index contributed by atoms with van der Waals surface area (Å²) in [6.07, 6.45) is 2.65. The van der Waals surface area contributed by atoms with Crippen LogP contribution in [0.3, 0.4) is 0 Å². The molecule has 0 amide bonds. The molecule has 1 saturated heterocycles. The molecule has 14 heavy (non-hydrogen) atoms. The molecule has 2 rings (SSSR count). The minimum Gasteiger partial charge on any atom is -0.317 e. The van der Waals surface area contributed by atoms with Crippen LogP contribution >= 0.6 is 11.3 Å². The number of piperidine rings is 1. The van der Waals surface area contributed by atoms with Gasteiger partial charge in [0.05, 0.1) is 0 Å². The molecule has 2 heterocycles. The van der Waals surface area contributed by atoms with E-state index in [0.717, 1.165) is 5.92 Å². The predicted molar refractivity (Wildman–Crippen MR) is 62.9 cm³/mol. The molecule has 1 aromatic heterocycles. The molecule has 0 radical (unpaired) electrons. The van der Waals surface area contributed by atoms with Crippen LogP contribution < -0.4 is 5.32 Å². The number of hydrogen-bond donors (Lipinski definition) is 1. The average molecular weight is 209 g/mol. The smallest absolute Gasteiger partial charge is 0.0104 e. The zero-order valence-electron chi connectivity index (χ0n) is 9.05. The maximum Gasteiger partial charge on any atom is 0.0104 e. The normalized spacial score (nSPS) is 19.9. The summed E-state index contributed by atoms with van der Waals surface area (Å²) in [6.45, 7) is 7.18. The Hall–Kier alpha value is -0.340. The van der Waals surface area contributed by atoms with Gasteiger partial charge in [0.1, 0.15) is 0 Å². The van der Waals surface area contributed by atoms with E-state index in [1.165, 1.54) is 25.9 Å². The van der Waals surface area contributed by atoms with Crippen molar-refractivity contribution < 1.29 is 0 Å². The number of hydrogen-bond acceptors (Lipinski definition) is 2. The molecule has 1 N–H and O–H groups in total. The lowest BCUT2D eigenvalue weighted by molar-refractivity contribution is 0.250. The second-order valence-corrected chi connectivity index (χ2v) is 5.67. The van der Waals surface area contributed by atoms with Crippen LogP contribution in [0.25, 0.3) is 0 Å². The molecule has 78 valence electrons. The molecule has 0 bridgehead atoms. The first-order valence-corrected chi connectivity index (χ1v) is 6.34. The van der Waals surface area contributed by atoms with Gasteiger partial charge in [-0.05, 0) is 43.3 Å². The van der Waals surface area contributed by atoms with Gasteiger partial charge in [0, 0.05) is 10.3 Å². The van der Waals surface area contributed by atoms with Crippen LogP contribution in [0.5, 0.6) is 0 Å². The van der Waals surface area contributed by atoms with Gasteiger partial charge in [0.25, 0.3) is 0 Å². The number of nitrogens with one attached hydrogen (secondary N) is 1. The van der Waals surface area contributed by atoms with Gasteiger partial charge in [-0.25, -0.2) is 0 Å². The summed E-state index contributed by atoms with van der Waals surface area (Å²) in [4.78, 5) is 1.55. The lowest BCUT2D eigenvalue weighted by Crippen LogP contribution is -2.37. The van der Waals surface area contributed by atoms with Gasteiger partial charge < -0.3 is 5.32 Å². The van der Waals surface area contributed by atoms with E-state index < -0.39 is 0 Å². The molecule has 2 heteroatoms.